The van der Waals surface area contributed by atoms with Gasteiger partial charge in [-0.1, -0.05) is 59.8 Å². The number of hydrogen-bond acceptors (Lipinski definition) is 2. The van der Waals surface area contributed by atoms with Gasteiger partial charge >= 0.3 is 5.97 Å². The smallest absolute Gasteiger partial charge is 0.302 e. The molecule has 0 aliphatic heterocycles. The van der Waals surface area contributed by atoms with Crippen LogP contribution in [0, 0.1) is 17.8 Å². The molecule has 0 heterocycles. The van der Waals surface area contributed by atoms with Crippen LogP contribution in [0.15, 0.2) is 0 Å². The molecule has 0 aromatic rings. The van der Waals surface area contributed by atoms with Crippen LogP contribution >= 0.6 is 0 Å². The summed E-state index contributed by atoms with van der Waals surface area (Å²) in [4.78, 5) is 10.9. The SMILES string of the molecule is CCCC[C@@H](C)C[C@H](C)CCC[C@@H](C)[C@@H](C)OC(C)=O. The first-order chi connectivity index (χ1) is 9.36. The highest BCUT2D eigenvalue weighted by molar-refractivity contribution is 5.66. The van der Waals surface area contributed by atoms with Crippen LogP contribution in [-0.2, 0) is 9.53 Å². The highest BCUT2D eigenvalue weighted by Gasteiger charge is 2.15. The van der Waals surface area contributed by atoms with Crippen LogP contribution < -0.4 is 0 Å². The van der Waals surface area contributed by atoms with Crippen LogP contribution in [0.2, 0.25) is 0 Å². The molecule has 0 rings (SSSR count). The number of carbonyl (C=O) groups is 1. The molecule has 0 N–H and O–H groups in total. The Morgan fingerprint density at radius 3 is 2.00 bits per heavy atom. The highest BCUT2D eigenvalue weighted by Crippen LogP contribution is 2.23. The molecule has 2 nitrogen and oxygen atoms in total. The van der Waals surface area contributed by atoms with Crippen LogP contribution in [0.1, 0.15) is 86.5 Å². The van der Waals surface area contributed by atoms with Crippen molar-refractivity contribution in [1.82, 2.24) is 0 Å². The molecular formula is C18H36O2. The van der Waals surface area contributed by atoms with E-state index in [4.69, 9.17) is 4.74 Å². The molecule has 4 atom stereocenters. The summed E-state index contributed by atoms with van der Waals surface area (Å²) in [5, 5.41) is 0. The number of ether oxygens (including phenoxy) is 1. The van der Waals surface area contributed by atoms with E-state index in [1.807, 2.05) is 6.92 Å². The van der Waals surface area contributed by atoms with E-state index in [9.17, 15) is 4.79 Å². The molecule has 0 fully saturated rings. The molecule has 0 aromatic heterocycles. The Morgan fingerprint density at radius 2 is 1.50 bits per heavy atom. The Kier molecular flexibility index (Phi) is 10.9. The predicted molar refractivity (Wildman–Crippen MR) is 86.7 cm³/mol. The van der Waals surface area contributed by atoms with E-state index in [2.05, 4.69) is 27.7 Å². The average Bonchev–Trinajstić information content (AvgIpc) is 2.35. The van der Waals surface area contributed by atoms with Crippen molar-refractivity contribution in [2.45, 2.75) is 92.6 Å². The Hall–Kier alpha value is -0.530. The summed E-state index contributed by atoms with van der Waals surface area (Å²) in [7, 11) is 0. The minimum absolute atomic E-state index is 0.0475. The van der Waals surface area contributed by atoms with Crippen molar-refractivity contribution in [3.05, 3.63) is 0 Å². The molecule has 0 bridgehead atoms. The maximum Gasteiger partial charge on any atom is 0.302 e. The van der Waals surface area contributed by atoms with E-state index < -0.39 is 0 Å². The minimum atomic E-state index is -0.164. The van der Waals surface area contributed by atoms with Crippen LogP contribution in [0.25, 0.3) is 0 Å². The van der Waals surface area contributed by atoms with E-state index in [1.165, 1.54) is 45.4 Å². The average molecular weight is 284 g/mol. The number of carbonyl (C=O) groups excluding carboxylic acids is 1. The second-order valence-corrected chi connectivity index (χ2v) is 6.81. The minimum Gasteiger partial charge on any atom is -0.463 e. The predicted octanol–water partition coefficient (Wildman–Crippen LogP) is 5.60. The van der Waals surface area contributed by atoms with Crippen molar-refractivity contribution in [3.8, 4) is 0 Å². The molecule has 0 radical (unpaired) electrons. The molecule has 20 heavy (non-hydrogen) atoms. The van der Waals surface area contributed by atoms with Gasteiger partial charge in [0.25, 0.3) is 0 Å². The second kappa shape index (κ2) is 11.2. The van der Waals surface area contributed by atoms with Crippen LogP contribution in [0.3, 0.4) is 0 Å². The Labute approximate surface area is 126 Å². The van der Waals surface area contributed by atoms with Crippen molar-refractivity contribution >= 4 is 5.97 Å². The fourth-order valence-electron chi connectivity index (χ4n) is 2.88. The van der Waals surface area contributed by atoms with Gasteiger partial charge in [0.15, 0.2) is 0 Å². The normalized spacial score (nSPS) is 17.3. The van der Waals surface area contributed by atoms with Crippen molar-refractivity contribution in [3.63, 3.8) is 0 Å². The van der Waals surface area contributed by atoms with Crippen LogP contribution in [-0.4, -0.2) is 12.1 Å². The van der Waals surface area contributed by atoms with Gasteiger partial charge in [0, 0.05) is 6.92 Å². The number of esters is 1. The number of unbranched alkanes of at least 4 members (excludes halogenated alkanes) is 1. The van der Waals surface area contributed by atoms with E-state index >= 15 is 0 Å². The maximum atomic E-state index is 10.9. The van der Waals surface area contributed by atoms with Crippen molar-refractivity contribution in [1.29, 1.82) is 0 Å². The lowest BCUT2D eigenvalue weighted by Gasteiger charge is -2.21. The third kappa shape index (κ3) is 10.3. The van der Waals surface area contributed by atoms with Crippen molar-refractivity contribution in [2.75, 3.05) is 0 Å². The summed E-state index contributed by atoms with van der Waals surface area (Å²) < 4.78 is 5.24. The monoisotopic (exact) mass is 284 g/mol. The van der Waals surface area contributed by atoms with E-state index in [0.717, 1.165) is 18.3 Å². The third-order valence-electron chi connectivity index (χ3n) is 4.36. The first-order valence-electron chi connectivity index (χ1n) is 8.54. The van der Waals surface area contributed by atoms with Crippen molar-refractivity contribution in [2.24, 2.45) is 17.8 Å². The molecule has 0 aliphatic carbocycles. The zero-order chi connectivity index (χ0) is 15.5. The van der Waals surface area contributed by atoms with Gasteiger partial charge in [-0.2, -0.15) is 0 Å². The quantitative estimate of drug-likeness (QED) is 0.462. The van der Waals surface area contributed by atoms with E-state index in [0.29, 0.717) is 5.92 Å². The highest BCUT2D eigenvalue weighted by atomic mass is 16.5. The van der Waals surface area contributed by atoms with Gasteiger partial charge < -0.3 is 4.74 Å². The lowest BCUT2D eigenvalue weighted by atomic mass is 9.88. The fraction of sp³-hybridized carbons (Fsp3) is 0.944. The largest absolute Gasteiger partial charge is 0.463 e. The third-order valence-corrected chi connectivity index (χ3v) is 4.36. The van der Waals surface area contributed by atoms with Gasteiger partial charge in [-0.25, -0.2) is 0 Å². The molecule has 0 saturated heterocycles. The molecule has 0 aromatic carbocycles. The molecule has 0 spiro atoms. The molecule has 0 amide bonds. The zero-order valence-electron chi connectivity index (χ0n) is 14.6. The number of hydrogen-bond donors (Lipinski definition) is 0. The van der Waals surface area contributed by atoms with Crippen LogP contribution in [0.5, 0.6) is 0 Å². The standard InChI is InChI=1S/C18H36O2/c1-7-8-10-14(2)13-15(3)11-9-12-16(4)17(5)20-18(6)19/h14-17H,7-13H2,1-6H3/t14-,15-,16-,17-/m1/s1. The summed E-state index contributed by atoms with van der Waals surface area (Å²) in [6, 6.07) is 0. The first-order valence-corrected chi connectivity index (χ1v) is 8.54. The summed E-state index contributed by atoms with van der Waals surface area (Å²) in [5.74, 6) is 1.98. The molecule has 0 unspecified atom stereocenters. The molecule has 0 saturated carbocycles. The van der Waals surface area contributed by atoms with Gasteiger partial charge in [-0.05, 0) is 37.5 Å². The lowest BCUT2D eigenvalue weighted by molar-refractivity contribution is -0.147. The molecule has 2 heteroatoms. The molecule has 120 valence electrons. The van der Waals surface area contributed by atoms with Gasteiger partial charge in [0.05, 0.1) is 0 Å². The van der Waals surface area contributed by atoms with Gasteiger partial charge in [0.1, 0.15) is 6.10 Å². The Balaban J connectivity index is 3.74. The topological polar surface area (TPSA) is 26.3 Å². The Morgan fingerprint density at radius 1 is 0.950 bits per heavy atom. The fourth-order valence-corrected chi connectivity index (χ4v) is 2.88. The van der Waals surface area contributed by atoms with Crippen LogP contribution in [0.4, 0.5) is 0 Å². The van der Waals surface area contributed by atoms with Gasteiger partial charge in [0.2, 0.25) is 0 Å². The van der Waals surface area contributed by atoms with E-state index in [-0.39, 0.29) is 12.1 Å². The first kappa shape index (κ1) is 19.5. The van der Waals surface area contributed by atoms with E-state index in [1.54, 1.807) is 0 Å². The zero-order valence-corrected chi connectivity index (χ0v) is 14.6. The Bertz CT molecular complexity index is 250. The summed E-state index contributed by atoms with van der Waals surface area (Å²) in [6.45, 7) is 12.7. The summed E-state index contributed by atoms with van der Waals surface area (Å²) >= 11 is 0. The molecule has 0 aliphatic rings. The second-order valence-electron chi connectivity index (χ2n) is 6.81. The lowest BCUT2D eigenvalue weighted by Crippen LogP contribution is -2.20. The maximum absolute atomic E-state index is 10.9. The number of rotatable bonds is 11. The summed E-state index contributed by atoms with van der Waals surface area (Å²) in [6.07, 6.45) is 9.15. The summed E-state index contributed by atoms with van der Waals surface area (Å²) in [5.41, 5.74) is 0. The van der Waals surface area contributed by atoms with Crippen molar-refractivity contribution < 1.29 is 9.53 Å². The molecular weight excluding hydrogens is 248 g/mol. The van der Waals surface area contributed by atoms with Gasteiger partial charge in [-0.3, -0.25) is 4.79 Å². The van der Waals surface area contributed by atoms with Gasteiger partial charge in [-0.15, -0.1) is 0 Å².